The van der Waals surface area contributed by atoms with Gasteiger partial charge in [-0.25, -0.2) is 17.6 Å². The van der Waals surface area contributed by atoms with Crippen LogP contribution in [0.3, 0.4) is 0 Å². The third-order valence-electron chi connectivity index (χ3n) is 3.69. The summed E-state index contributed by atoms with van der Waals surface area (Å²) in [7, 11) is -2.72. The standard InChI is InChI=1S/C15H12FNO6S/c16-10-5-7(6-24(21)22)1-4-9(10)13(18)11-12(15(19)20)17-23-14(11)8-2-3-8/h1,4-5,8,24H,2-3,6H2,(H,19,20). The molecule has 24 heavy (non-hydrogen) atoms. The van der Waals surface area contributed by atoms with Crippen LogP contribution in [0.25, 0.3) is 0 Å². The molecule has 1 aliphatic carbocycles. The number of hydrogen-bond acceptors (Lipinski definition) is 6. The molecule has 9 heteroatoms. The van der Waals surface area contributed by atoms with Gasteiger partial charge in [0.1, 0.15) is 22.1 Å². The van der Waals surface area contributed by atoms with E-state index in [9.17, 15) is 22.4 Å². The monoisotopic (exact) mass is 353 g/mol. The molecule has 2 aromatic rings. The molecule has 0 amide bonds. The molecule has 1 saturated carbocycles. The number of aromatic carboxylic acids is 1. The lowest BCUT2D eigenvalue weighted by Gasteiger charge is -2.05. The summed E-state index contributed by atoms with van der Waals surface area (Å²) in [6.07, 6.45) is 1.49. The van der Waals surface area contributed by atoms with Crippen molar-refractivity contribution in [3.05, 3.63) is 52.2 Å². The number of carboxylic acids is 1. The van der Waals surface area contributed by atoms with Crippen molar-refractivity contribution in [3.63, 3.8) is 0 Å². The van der Waals surface area contributed by atoms with Crippen molar-refractivity contribution in [2.24, 2.45) is 0 Å². The second-order valence-corrected chi connectivity index (χ2v) is 6.47. The molecule has 0 bridgehead atoms. The SMILES string of the molecule is O=C(O)c1noc(C2CC2)c1C(=O)c1ccc(C[SH](=O)=O)cc1F. The Hall–Kier alpha value is -2.55. The van der Waals surface area contributed by atoms with Crippen molar-refractivity contribution in [2.45, 2.75) is 24.5 Å². The lowest BCUT2D eigenvalue weighted by Crippen LogP contribution is -2.12. The van der Waals surface area contributed by atoms with Gasteiger partial charge in [-0.15, -0.1) is 0 Å². The van der Waals surface area contributed by atoms with Crippen molar-refractivity contribution in [1.29, 1.82) is 0 Å². The summed E-state index contributed by atoms with van der Waals surface area (Å²) in [6, 6.07) is 3.40. The van der Waals surface area contributed by atoms with E-state index in [1.165, 1.54) is 6.07 Å². The molecule has 0 unspecified atom stereocenters. The number of aromatic nitrogens is 1. The number of ketones is 1. The van der Waals surface area contributed by atoms with Crippen molar-refractivity contribution >= 4 is 22.5 Å². The van der Waals surface area contributed by atoms with E-state index in [1.807, 2.05) is 0 Å². The minimum atomic E-state index is -2.72. The van der Waals surface area contributed by atoms with Gasteiger partial charge in [-0.2, -0.15) is 0 Å². The highest BCUT2D eigenvalue weighted by atomic mass is 32.2. The Bertz CT molecular complexity index is 905. The van der Waals surface area contributed by atoms with Crippen molar-refractivity contribution < 1.29 is 32.0 Å². The van der Waals surface area contributed by atoms with Gasteiger partial charge < -0.3 is 9.63 Å². The number of halogens is 1. The van der Waals surface area contributed by atoms with E-state index in [-0.39, 0.29) is 34.1 Å². The van der Waals surface area contributed by atoms with Crippen LogP contribution in [0.4, 0.5) is 4.39 Å². The molecule has 3 rings (SSSR count). The van der Waals surface area contributed by atoms with Crippen LogP contribution in [0, 0.1) is 5.82 Å². The third-order valence-corrected chi connectivity index (χ3v) is 4.31. The summed E-state index contributed by atoms with van der Waals surface area (Å²) >= 11 is 0. The van der Waals surface area contributed by atoms with E-state index in [4.69, 9.17) is 9.63 Å². The van der Waals surface area contributed by atoms with Crippen molar-refractivity contribution in [2.75, 3.05) is 0 Å². The Kier molecular flexibility index (Phi) is 4.18. The Morgan fingerprint density at radius 1 is 1.33 bits per heavy atom. The number of nitrogens with zero attached hydrogens (tertiary/aromatic N) is 1. The first kappa shape index (κ1) is 16.3. The predicted octanol–water partition coefficient (Wildman–Crippen LogP) is 1.73. The van der Waals surface area contributed by atoms with E-state index in [2.05, 4.69) is 5.16 Å². The van der Waals surface area contributed by atoms with Crippen LogP contribution in [0.1, 0.15) is 56.5 Å². The molecule has 1 aliphatic rings. The maximum Gasteiger partial charge on any atom is 0.358 e. The number of thiol groups is 1. The quantitative estimate of drug-likeness (QED) is 0.600. The number of carbonyl (C=O) groups is 2. The molecular weight excluding hydrogens is 341 g/mol. The Morgan fingerprint density at radius 2 is 2.04 bits per heavy atom. The van der Waals surface area contributed by atoms with Gasteiger partial charge in [-0.1, -0.05) is 11.2 Å². The fraction of sp³-hybridized carbons (Fsp3) is 0.267. The summed E-state index contributed by atoms with van der Waals surface area (Å²) in [5, 5.41) is 12.6. The molecule has 1 fully saturated rings. The third kappa shape index (κ3) is 3.07. The second-order valence-electron chi connectivity index (χ2n) is 5.48. The summed E-state index contributed by atoms with van der Waals surface area (Å²) < 4.78 is 40.6. The van der Waals surface area contributed by atoms with Crippen LogP contribution in [-0.2, 0) is 16.5 Å². The average molecular weight is 353 g/mol. The molecule has 1 heterocycles. The van der Waals surface area contributed by atoms with Crippen LogP contribution < -0.4 is 0 Å². The molecule has 1 aromatic heterocycles. The summed E-state index contributed by atoms with van der Waals surface area (Å²) in [6.45, 7) is 0. The minimum Gasteiger partial charge on any atom is -0.476 e. The lowest BCUT2D eigenvalue weighted by molar-refractivity contribution is 0.0682. The Morgan fingerprint density at radius 3 is 2.58 bits per heavy atom. The number of rotatable bonds is 6. The number of carboxylic acid groups (broad SMARTS) is 1. The van der Waals surface area contributed by atoms with Gasteiger partial charge in [-0.3, -0.25) is 4.79 Å². The maximum absolute atomic E-state index is 14.2. The molecule has 0 radical (unpaired) electrons. The normalized spacial score (nSPS) is 14.1. The Labute approximate surface area is 137 Å². The lowest BCUT2D eigenvalue weighted by atomic mass is 9.98. The zero-order chi connectivity index (χ0) is 17.4. The molecule has 0 saturated heterocycles. The van der Waals surface area contributed by atoms with Gasteiger partial charge >= 0.3 is 5.97 Å². The maximum atomic E-state index is 14.2. The summed E-state index contributed by atoms with van der Waals surface area (Å²) in [4.78, 5) is 23.9. The highest BCUT2D eigenvalue weighted by Gasteiger charge is 2.37. The first-order chi connectivity index (χ1) is 11.4. The number of hydrogen-bond donors (Lipinski definition) is 2. The van der Waals surface area contributed by atoms with Crippen LogP contribution >= 0.6 is 0 Å². The van der Waals surface area contributed by atoms with E-state index >= 15 is 0 Å². The van der Waals surface area contributed by atoms with Crippen LogP contribution in [0.5, 0.6) is 0 Å². The average Bonchev–Trinajstić information content (AvgIpc) is 3.24. The highest BCUT2D eigenvalue weighted by molar-refractivity contribution is 7.71. The number of carbonyl (C=O) groups excluding carboxylic acids is 1. The predicted molar refractivity (Wildman–Crippen MR) is 79.3 cm³/mol. The summed E-state index contributed by atoms with van der Waals surface area (Å²) in [5.74, 6) is -3.48. The Balaban J connectivity index is 2.03. The molecule has 1 N–H and O–H groups in total. The number of benzene rings is 1. The molecule has 0 atom stereocenters. The fourth-order valence-electron chi connectivity index (χ4n) is 2.42. The molecule has 0 aliphatic heterocycles. The highest BCUT2D eigenvalue weighted by Crippen LogP contribution is 2.43. The van der Waals surface area contributed by atoms with E-state index in [0.29, 0.717) is 0 Å². The molecule has 0 spiro atoms. The second kappa shape index (κ2) is 6.16. The molecule has 126 valence electrons. The smallest absolute Gasteiger partial charge is 0.358 e. The van der Waals surface area contributed by atoms with Gasteiger partial charge in [0.2, 0.25) is 11.5 Å². The molecule has 1 aromatic carbocycles. The molecular formula is C15H12FNO6S. The van der Waals surface area contributed by atoms with Crippen molar-refractivity contribution in [1.82, 2.24) is 5.16 Å². The van der Waals surface area contributed by atoms with Crippen LogP contribution in [0.15, 0.2) is 22.7 Å². The largest absolute Gasteiger partial charge is 0.476 e. The summed E-state index contributed by atoms with van der Waals surface area (Å²) in [5.41, 5.74) is -0.946. The zero-order valence-electron chi connectivity index (χ0n) is 12.2. The van der Waals surface area contributed by atoms with E-state index < -0.39 is 34.0 Å². The minimum absolute atomic E-state index is 0.0867. The van der Waals surface area contributed by atoms with Crippen LogP contribution in [-0.4, -0.2) is 30.4 Å². The van der Waals surface area contributed by atoms with Gasteiger partial charge in [0.15, 0.2) is 5.76 Å². The first-order valence-electron chi connectivity index (χ1n) is 7.06. The van der Waals surface area contributed by atoms with Crippen LogP contribution in [0.2, 0.25) is 0 Å². The van der Waals surface area contributed by atoms with Gasteiger partial charge in [0.25, 0.3) is 0 Å². The van der Waals surface area contributed by atoms with Crippen molar-refractivity contribution in [3.8, 4) is 0 Å². The van der Waals surface area contributed by atoms with Gasteiger partial charge in [0, 0.05) is 5.92 Å². The van der Waals surface area contributed by atoms with Gasteiger partial charge in [-0.05, 0) is 30.5 Å². The van der Waals surface area contributed by atoms with Gasteiger partial charge in [0.05, 0.1) is 11.3 Å². The topological polar surface area (TPSA) is 115 Å². The fourth-order valence-corrected chi connectivity index (χ4v) is 2.91. The molecule has 7 nitrogen and oxygen atoms in total. The zero-order valence-corrected chi connectivity index (χ0v) is 13.1. The first-order valence-corrected chi connectivity index (χ1v) is 8.42. The van der Waals surface area contributed by atoms with E-state index in [1.54, 1.807) is 0 Å². The van der Waals surface area contributed by atoms with E-state index in [0.717, 1.165) is 25.0 Å².